The zero-order valence-corrected chi connectivity index (χ0v) is 16.0. The highest BCUT2D eigenvalue weighted by atomic mass is 16.5. The summed E-state index contributed by atoms with van der Waals surface area (Å²) in [6.45, 7) is 3.04. The van der Waals surface area contributed by atoms with E-state index in [0.29, 0.717) is 37.0 Å². The van der Waals surface area contributed by atoms with Crippen LogP contribution in [0.4, 0.5) is 5.69 Å². The van der Waals surface area contributed by atoms with E-state index in [9.17, 15) is 4.79 Å². The number of hydrogen-bond donors (Lipinski definition) is 3. The predicted octanol–water partition coefficient (Wildman–Crippen LogP) is 1.77. The molecule has 4 N–H and O–H groups in total. The summed E-state index contributed by atoms with van der Waals surface area (Å²) >= 11 is 0. The number of aromatic amines is 1. The van der Waals surface area contributed by atoms with Gasteiger partial charge in [-0.15, -0.1) is 0 Å². The zero-order valence-electron chi connectivity index (χ0n) is 16.0. The fraction of sp³-hybridized carbons (Fsp3) is 0.286. The summed E-state index contributed by atoms with van der Waals surface area (Å²) in [5, 5.41) is 9.86. The van der Waals surface area contributed by atoms with Crippen molar-refractivity contribution in [3.05, 3.63) is 66.0 Å². The van der Waals surface area contributed by atoms with E-state index in [1.165, 1.54) is 5.56 Å². The van der Waals surface area contributed by atoms with Gasteiger partial charge in [-0.2, -0.15) is 5.10 Å². The molecule has 1 aromatic heterocycles. The van der Waals surface area contributed by atoms with Crippen molar-refractivity contribution in [3.8, 4) is 11.4 Å². The summed E-state index contributed by atoms with van der Waals surface area (Å²) in [6, 6.07) is 17.6. The van der Waals surface area contributed by atoms with Crippen LogP contribution >= 0.6 is 0 Å². The van der Waals surface area contributed by atoms with Gasteiger partial charge in [-0.05, 0) is 29.8 Å². The molecule has 1 amide bonds. The van der Waals surface area contributed by atoms with E-state index in [-0.39, 0.29) is 5.91 Å². The van der Waals surface area contributed by atoms with Gasteiger partial charge in [0.25, 0.3) is 5.91 Å². The lowest BCUT2D eigenvalue weighted by Gasteiger charge is -2.32. The van der Waals surface area contributed by atoms with E-state index in [1.807, 2.05) is 42.5 Å². The van der Waals surface area contributed by atoms with Crippen molar-refractivity contribution in [1.82, 2.24) is 20.1 Å². The molecule has 1 atom stereocenters. The number of amides is 1. The van der Waals surface area contributed by atoms with Crippen molar-refractivity contribution in [2.45, 2.75) is 19.2 Å². The van der Waals surface area contributed by atoms with Gasteiger partial charge < -0.3 is 15.8 Å². The number of carbonyl (C=O) groups excluding carboxylic acids is 1. The highest BCUT2D eigenvalue weighted by Gasteiger charge is 2.26. The van der Waals surface area contributed by atoms with Crippen molar-refractivity contribution < 1.29 is 9.53 Å². The third kappa shape index (κ3) is 4.86. The van der Waals surface area contributed by atoms with Crippen LogP contribution in [0.2, 0.25) is 0 Å². The molecule has 1 aliphatic heterocycles. The van der Waals surface area contributed by atoms with Crippen molar-refractivity contribution >= 4 is 11.6 Å². The number of morpholine rings is 1. The first kappa shape index (κ1) is 19.3. The van der Waals surface area contributed by atoms with Gasteiger partial charge in [0, 0.05) is 30.9 Å². The second kappa shape index (κ2) is 8.95. The smallest absolute Gasteiger partial charge is 0.254 e. The van der Waals surface area contributed by atoms with Gasteiger partial charge in [-0.3, -0.25) is 14.8 Å². The van der Waals surface area contributed by atoms with Crippen LogP contribution < -0.4 is 11.1 Å². The van der Waals surface area contributed by atoms with Crippen LogP contribution in [-0.4, -0.2) is 51.8 Å². The SMILES string of the molecule is NCc1nc(-c2ccc(NC(=O)C3CN(Cc4ccccc4)CCO3)cc2)n[nH]1. The highest BCUT2D eigenvalue weighted by molar-refractivity contribution is 5.94. The fourth-order valence-electron chi connectivity index (χ4n) is 3.29. The van der Waals surface area contributed by atoms with Crippen molar-refractivity contribution in [1.29, 1.82) is 0 Å². The van der Waals surface area contributed by atoms with Gasteiger partial charge in [-0.1, -0.05) is 30.3 Å². The summed E-state index contributed by atoms with van der Waals surface area (Å²) in [4.78, 5) is 19.2. The number of H-pyrrole nitrogens is 1. The number of benzene rings is 2. The number of anilines is 1. The quantitative estimate of drug-likeness (QED) is 0.590. The van der Waals surface area contributed by atoms with Gasteiger partial charge in [0.05, 0.1) is 13.2 Å². The van der Waals surface area contributed by atoms with E-state index in [4.69, 9.17) is 10.5 Å². The number of nitrogens with two attached hydrogens (primary N) is 1. The van der Waals surface area contributed by atoms with Crippen LogP contribution in [0.3, 0.4) is 0 Å². The highest BCUT2D eigenvalue weighted by Crippen LogP contribution is 2.19. The molecule has 2 heterocycles. The van der Waals surface area contributed by atoms with E-state index in [0.717, 1.165) is 18.7 Å². The molecule has 1 unspecified atom stereocenters. The molecular weight excluding hydrogens is 368 g/mol. The van der Waals surface area contributed by atoms with Crippen LogP contribution in [0, 0.1) is 0 Å². The number of aromatic nitrogens is 3. The van der Waals surface area contributed by atoms with Gasteiger partial charge in [0.2, 0.25) is 0 Å². The lowest BCUT2D eigenvalue weighted by Crippen LogP contribution is -2.47. The molecule has 1 aliphatic rings. The monoisotopic (exact) mass is 392 g/mol. The van der Waals surface area contributed by atoms with Gasteiger partial charge in [-0.25, -0.2) is 4.98 Å². The summed E-state index contributed by atoms with van der Waals surface area (Å²) in [5.41, 5.74) is 8.33. The van der Waals surface area contributed by atoms with Crippen molar-refractivity contribution in [2.75, 3.05) is 25.0 Å². The van der Waals surface area contributed by atoms with Crippen molar-refractivity contribution in [2.24, 2.45) is 5.73 Å². The molecule has 0 radical (unpaired) electrons. The average molecular weight is 392 g/mol. The largest absolute Gasteiger partial charge is 0.366 e. The molecule has 29 heavy (non-hydrogen) atoms. The lowest BCUT2D eigenvalue weighted by molar-refractivity contribution is -0.133. The zero-order chi connectivity index (χ0) is 20.1. The Bertz CT molecular complexity index is 941. The standard InChI is InChI=1S/C21H24N6O2/c22-12-19-24-20(26-25-19)16-6-8-17(9-7-16)23-21(28)18-14-27(10-11-29-18)13-15-4-2-1-3-5-15/h1-9,18H,10-14,22H2,(H,23,28)(H,24,25,26). The minimum Gasteiger partial charge on any atom is -0.366 e. The summed E-state index contributed by atoms with van der Waals surface area (Å²) in [6.07, 6.45) is -0.493. The number of ether oxygens (including phenoxy) is 1. The number of nitrogens with zero attached hydrogens (tertiary/aromatic N) is 3. The second-order valence-electron chi connectivity index (χ2n) is 6.96. The topological polar surface area (TPSA) is 109 Å². The Morgan fingerprint density at radius 1 is 1.21 bits per heavy atom. The van der Waals surface area contributed by atoms with Gasteiger partial charge >= 0.3 is 0 Å². The van der Waals surface area contributed by atoms with E-state index < -0.39 is 6.10 Å². The minimum absolute atomic E-state index is 0.140. The predicted molar refractivity (Wildman–Crippen MR) is 110 cm³/mol. The van der Waals surface area contributed by atoms with E-state index >= 15 is 0 Å². The Morgan fingerprint density at radius 3 is 2.72 bits per heavy atom. The van der Waals surface area contributed by atoms with Gasteiger partial charge in [0.1, 0.15) is 11.9 Å². The van der Waals surface area contributed by atoms with Crippen LogP contribution in [0.5, 0.6) is 0 Å². The molecule has 3 aromatic rings. The Morgan fingerprint density at radius 2 is 2.00 bits per heavy atom. The first-order valence-corrected chi connectivity index (χ1v) is 9.62. The molecule has 8 nitrogen and oxygen atoms in total. The van der Waals surface area contributed by atoms with Crippen LogP contribution in [-0.2, 0) is 22.6 Å². The Labute approximate surface area is 169 Å². The number of nitrogens with one attached hydrogen (secondary N) is 2. The first-order valence-electron chi connectivity index (χ1n) is 9.62. The molecule has 0 bridgehead atoms. The molecule has 1 saturated heterocycles. The van der Waals surface area contributed by atoms with Gasteiger partial charge in [0.15, 0.2) is 5.82 Å². The summed E-state index contributed by atoms with van der Waals surface area (Å²) in [5.74, 6) is 1.07. The molecule has 2 aromatic carbocycles. The molecule has 150 valence electrons. The molecule has 0 spiro atoms. The minimum atomic E-state index is -0.493. The lowest BCUT2D eigenvalue weighted by atomic mass is 10.1. The normalized spacial score (nSPS) is 17.2. The Kier molecular flexibility index (Phi) is 5.95. The molecular formula is C21H24N6O2. The van der Waals surface area contributed by atoms with E-state index in [1.54, 1.807) is 0 Å². The molecule has 8 heteroatoms. The molecule has 0 aliphatic carbocycles. The maximum absolute atomic E-state index is 12.7. The van der Waals surface area contributed by atoms with Crippen LogP contribution in [0.15, 0.2) is 54.6 Å². The molecule has 1 fully saturated rings. The Hall–Kier alpha value is -3.07. The van der Waals surface area contributed by atoms with Crippen LogP contribution in [0.25, 0.3) is 11.4 Å². The third-order valence-corrected chi connectivity index (χ3v) is 4.83. The first-order chi connectivity index (χ1) is 14.2. The molecule has 0 saturated carbocycles. The second-order valence-corrected chi connectivity index (χ2v) is 6.96. The van der Waals surface area contributed by atoms with Crippen molar-refractivity contribution in [3.63, 3.8) is 0 Å². The maximum atomic E-state index is 12.7. The maximum Gasteiger partial charge on any atom is 0.254 e. The average Bonchev–Trinajstić information content (AvgIpc) is 3.24. The summed E-state index contributed by atoms with van der Waals surface area (Å²) < 4.78 is 5.70. The van der Waals surface area contributed by atoms with E-state index in [2.05, 4.69) is 37.5 Å². The molecule has 4 rings (SSSR count). The van der Waals surface area contributed by atoms with Crippen LogP contribution in [0.1, 0.15) is 11.4 Å². The number of carbonyl (C=O) groups is 1. The summed E-state index contributed by atoms with van der Waals surface area (Å²) in [7, 11) is 0. The Balaban J connectivity index is 1.34. The number of hydrogen-bond acceptors (Lipinski definition) is 6. The third-order valence-electron chi connectivity index (χ3n) is 4.83. The fourth-order valence-corrected chi connectivity index (χ4v) is 3.29. The number of rotatable bonds is 6.